The van der Waals surface area contributed by atoms with Gasteiger partial charge in [-0.25, -0.2) is 4.39 Å². The highest BCUT2D eigenvalue weighted by atomic mass is 32.2. The van der Waals surface area contributed by atoms with Crippen LogP contribution >= 0.6 is 11.8 Å². The molecule has 1 amide bonds. The highest BCUT2D eigenvalue weighted by molar-refractivity contribution is 8.00. The Balaban J connectivity index is 1.88. The van der Waals surface area contributed by atoms with Crippen molar-refractivity contribution in [2.24, 2.45) is 0 Å². The summed E-state index contributed by atoms with van der Waals surface area (Å²) in [6.45, 7) is 5.63. The first kappa shape index (κ1) is 21.8. The molecule has 1 aliphatic rings. The van der Waals surface area contributed by atoms with E-state index in [1.54, 1.807) is 12.1 Å². The summed E-state index contributed by atoms with van der Waals surface area (Å²) in [6.07, 6.45) is 4.52. The van der Waals surface area contributed by atoms with Crippen LogP contribution in [0.2, 0.25) is 0 Å². The third-order valence-electron chi connectivity index (χ3n) is 5.44. The molecular formula is C21H30FN5OS. The Morgan fingerprint density at radius 1 is 1.07 bits per heavy atom. The van der Waals surface area contributed by atoms with Crippen molar-refractivity contribution in [3.8, 4) is 5.69 Å². The van der Waals surface area contributed by atoms with Crippen molar-refractivity contribution in [3.63, 3.8) is 0 Å². The minimum atomic E-state index is -0.289. The van der Waals surface area contributed by atoms with Gasteiger partial charge in [-0.2, -0.15) is 0 Å². The molecule has 2 aromatic rings. The van der Waals surface area contributed by atoms with E-state index in [1.807, 2.05) is 42.3 Å². The smallest absolute Gasteiger partial charge is 0.235 e. The zero-order valence-corrected chi connectivity index (χ0v) is 18.5. The SMILES string of the molecule is CC(Sc1nnc(C(C)N(C)C)n1-c1ccc(F)cc1)C(=O)N1CCCCCC1. The fourth-order valence-electron chi connectivity index (χ4n) is 3.45. The van der Waals surface area contributed by atoms with Crippen LogP contribution in [-0.2, 0) is 4.79 Å². The van der Waals surface area contributed by atoms with E-state index in [-0.39, 0.29) is 23.0 Å². The van der Waals surface area contributed by atoms with Crippen LogP contribution < -0.4 is 0 Å². The van der Waals surface area contributed by atoms with Gasteiger partial charge in [0.2, 0.25) is 5.91 Å². The third-order valence-corrected chi connectivity index (χ3v) is 6.47. The van der Waals surface area contributed by atoms with Gasteiger partial charge in [-0.1, -0.05) is 24.6 Å². The maximum Gasteiger partial charge on any atom is 0.235 e. The maximum absolute atomic E-state index is 13.5. The van der Waals surface area contributed by atoms with Gasteiger partial charge in [0.05, 0.1) is 11.3 Å². The summed E-state index contributed by atoms with van der Waals surface area (Å²) in [5.41, 5.74) is 0.789. The topological polar surface area (TPSA) is 54.3 Å². The lowest BCUT2D eigenvalue weighted by Crippen LogP contribution is -2.37. The van der Waals surface area contributed by atoms with Crippen molar-refractivity contribution in [3.05, 3.63) is 35.9 Å². The third kappa shape index (κ3) is 5.17. The molecule has 29 heavy (non-hydrogen) atoms. The quantitative estimate of drug-likeness (QED) is 0.665. The summed E-state index contributed by atoms with van der Waals surface area (Å²) in [6, 6.07) is 6.31. The van der Waals surface area contributed by atoms with Gasteiger partial charge in [0, 0.05) is 18.8 Å². The van der Waals surface area contributed by atoms with Gasteiger partial charge in [0.1, 0.15) is 5.82 Å². The molecule has 0 N–H and O–H groups in total. The number of nitrogens with zero attached hydrogens (tertiary/aromatic N) is 5. The molecule has 0 radical (unpaired) electrons. The molecule has 158 valence electrons. The number of carbonyl (C=O) groups is 1. The Morgan fingerprint density at radius 3 is 2.28 bits per heavy atom. The molecule has 1 aliphatic heterocycles. The summed E-state index contributed by atoms with van der Waals surface area (Å²) in [5.74, 6) is 0.620. The van der Waals surface area contributed by atoms with E-state index >= 15 is 0 Å². The lowest BCUT2D eigenvalue weighted by molar-refractivity contribution is -0.130. The largest absolute Gasteiger partial charge is 0.342 e. The van der Waals surface area contributed by atoms with Crippen molar-refractivity contribution in [2.75, 3.05) is 27.2 Å². The number of amides is 1. The van der Waals surface area contributed by atoms with Crippen molar-refractivity contribution in [1.82, 2.24) is 24.6 Å². The minimum Gasteiger partial charge on any atom is -0.342 e. The van der Waals surface area contributed by atoms with E-state index in [1.165, 1.54) is 36.7 Å². The summed E-state index contributed by atoms with van der Waals surface area (Å²) in [5, 5.41) is 9.18. The normalized spacial score (nSPS) is 17.2. The van der Waals surface area contributed by atoms with Crippen LogP contribution in [0, 0.1) is 5.82 Å². The number of likely N-dealkylation sites (tertiary alicyclic amines) is 1. The average molecular weight is 420 g/mol. The highest BCUT2D eigenvalue weighted by Gasteiger charge is 2.27. The Kier molecular flexibility index (Phi) is 7.29. The number of aromatic nitrogens is 3. The van der Waals surface area contributed by atoms with Crippen molar-refractivity contribution in [2.45, 2.75) is 56.0 Å². The van der Waals surface area contributed by atoms with E-state index in [0.29, 0.717) is 5.16 Å². The van der Waals surface area contributed by atoms with Gasteiger partial charge in [-0.15, -0.1) is 10.2 Å². The molecule has 6 nitrogen and oxygen atoms in total. The molecule has 0 spiro atoms. The molecule has 1 saturated heterocycles. The van der Waals surface area contributed by atoms with Gasteiger partial charge in [-0.3, -0.25) is 14.3 Å². The van der Waals surface area contributed by atoms with Gasteiger partial charge in [0.15, 0.2) is 11.0 Å². The van der Waals surface area contributed by atoms with Gasteiger partial charge >= 0.3 is 0 Å². The zero-order valence-electron chi connectivity index (χ0n) is 17.6. The molecular weight excluding hydrogens is 389 g/mol. The molecule has 1 fully saturated rings. The molecule has 1 aromatic carbocycles. The predicted octanol–water partition coefficient (Wildman–Crippen LogP) is 3.91. The van der Waals surface area contributed by atoms with Crippen molar-refractivity contribution in [1.29, 1.82) is 0 Å². The number of halogens is 1. The Labute approximate surface area is 176 Å². The molecule has 2 unspecified atom stereocenters. The second kappa shape index (κ2) is 9.71. The monoisotopic (exact) mass is 419 g/mol. The second-order valence-corrected chi connectivity index (χ2v) is 9.10. The number of hydrogen-bond acceptors (Lipinski definition) is 5. The minimum absolute atomic E-state index is 0.0125. The first-order valence-corrected chi connectivity index (χ1v) is 11.1. The molecule has 8 heteroatoms. The molecule has 0 saturated carbocycles. The Hall–Kier alpha value is -1.93. The van der Waals surface area contributed by atoms with Gasteiger partial charge in [0.25, 0.3) is 0 Å². The van der Waals surface area contributed by atoms with Crippen LogP contribution in [0.15, 0.2) is 29.4 Å². The summed E-state index contributed by atoms with van der Waals surface area (Å²) in [7, 11) is 3.96. The number of thioether (sulfide) groups is 1. The molecule has 1 aromatic heterocycles. The van der Waals surface area contributed by atoms with E-state index in [9.17, 15) is 9.18 Å². The van der Waals surface area contributed by atoms with E-state index in [2.05, 4.69) is 10.2 Å². The standard InChI is InChI=1S/C21H30FN5OS/c1-15(25(3)4)19-23-24-21(27(19)18-11-9-17(22)10-12-18)29-16(2)20(28)26-13-7-5-6-8-14-26/h9-12,15-16H,5-8,13-14H2,1-4H3. The summed E-state index contributed by atoms with van der Waals surface area (Å²) in [4.78, 5) is 17.0. The molecule has 2 heterocycles. The molecule has 3 rings (SSSR count). The second-order valence-electron chi connectivity index (χ2n) is 7.79. The fraction of sp³-hybridized carbons (Fsp3) is 0.571. The maximum atomic E-state index is 13.5. The van der Waals surface area contributed by atoms with Crippen LogP contribution in [0.25, 0.3) is 5.69 Å². The van der Waals surface area contributed by atoms with Crippen molar-refractivity contribution < 1.29 is 9.18 Å². The van der Waals surface area contributed by atoms with Crippen LogP contribution in [0.4, 0.5) is 4.39 Å². The van der Waals surface area contributed by atoms with E-state index in [4.69, 9.17) is 0 Å². The average Bonchev–Trinajstić information content (AvgIpc) is 2.92. The number of rotatable bonds is 6. The number of carbonyl (C=O) groups excluding carboxylic acids is 1. The Bertz CT molecular complexity index is 815. The predicted molar refractivity (Wildman–Crippen MR) is 114 cm³/mol. The molecule has 0 bridgehead atoms. The number of benzene rings is 1. The number of hydrogen-bond donors (Lipinski definition) is 0. The molecule has 2 atom stereocenters. The zero-order chi connectivity index (χ0) is 21.0. The van der Waals surface area contributed by atoms with Crippen LogP contribution in [0.1, 0.15) is 51.4 Å². The highest BCUT2D eigenvalue weighted by Crippen LogP contribution is 2.30. The van der Waals surface area contributed by atoms with Crippen LogP contribution in [0.3, 0.4) is 0 Å². The van der Waals surface area contributed by atoms with Gasteiger partial charge in [-0.05, 0) is 65.0 Å². The van der Waals surface area contributed by atoms with Crippen molar-refractivity contribution >= 4 is 17.7 Å². The van der Waals surface area contributed by atoms with E-state index in [0.717, 1.165) is 37.4 Å². The first-order chi connectivity index (χ1) is 13.9. The lowest BCUT2D eigenvalue weighted by Gasteiger charge is -2.24. The van der Waals surface area contributed by atoms with Gasteiger partial charge < -0.3 is 4.90 Å². The summed E-state index contributed by atoms with van der Waals surface area (Å²) >= 11 is 1.41. The van der Waals surface area contributed by atoms with Crippen LogP contribution in [0.5, 0.6) is 0 Å². The first-order valence-electron chi connectivity index (χ1n) is 10.2. The lowest BCUT2D eigenvalue weighted by atomic mass is 10.2. The van der Waals surface area contributed by atoms with E-state index < -0.39 is 0 Å². The van der Waals surface area contributed by atoms with Crippen LogP contribution in [-0.4, -0.2) is 62.9 Å². The Morgan fingerprint density at radius 2 is 1.69 bits per heavy atom. The fourth-order valence-corrected chi connectivity index (χ4v) is 4.41. The summed E-state index contributed by atoms with van der Waals surface area (Å²) < 4.78 is 15.4. The molecule has 0 aliphatic carbocycles.